The first-order valence-electron chi connectivity index (χ1n) is 7.65. The fraction of sp³-hybridized carbons (Fsp3) is 0.368. The average molecular weight is 281 g/mol. The first-order chi connectivity index (χ1) is 10.2. The van der Waals surface area contributed by atoms with Crippen LogP contribution in [0.2, 0.25) is 0 Å². The Morgan fingerprint density at radius 1 is 1.05 bits per heavy atom. The third-order valence-electron chi connectivity index (χ3n) is 4.29. The van der Waals surface area contributed by atoms with E-state index in [1.54, 1.807) is 7.11 Å². The maximum Gasteiger partial charge on any atom is 0.119 e. The molecule has 0 atom stereocenters. The van der Waals surface area contributed by atoms with Crippen molar-refractivity contribution in [3.8, 4) is 16.9 Å². The van der Waals surface area contributed by atoms with Crippen LogP contribution in [0.15, 0.2) is 36.4 Å². The summed E-state index contributed by atoms with van der Waals surface area (Å²) in [5.74, 6) is 0.926. The third kappa shape index (κ3) is 3.27. The van der Waals surface area contributed by atoms with Crippen molar-refractivity contribution >= 4 is 0 Å². The molecule has 0 unspecified atom stereocenters. The number of ether oxygens (including phenoxy) is 1. The van der Waals surface area contributed by atoms with E-state index in [2.05, 4.69) is 49.5 Å². The lowest BCUT2D eigenvalue weighted by molar-refractivity contribution is 0.414. The lowest BCUT2D eigenvalue weighted by Gasteiger charge is -2.14. The topological polar surface area (TPSA) is 21.3 Å². The Kier molecular flexibility index (Phi) is 3.98. The number of hydrogen-bond acceptors (Lipinski definition) is 2. The summed E-state index contributed by atoms with van der Waals surface area (Å²) in [6.07, 6.45) is 2.62. The van der Waals surface area contributed by atoms with Gasteiger partial charge in [-0.05, 0) is 66.6 Å². The van der Waals surface area contributed by atoms with Gasteiger partial charge in [-0.15, -0.1) is 0 Å². The van der Waals surface area contributed by atoms with Gasteiger partial charge in [-0.1, -0.05) is 24.3 Å². The molecular weight excluding hydrogens is 258 g/mol. The first-order valence-corrected chi connectivity index (χ1v) is 7.65. The number of rotatable bonds is 5. The molecule has 0 spiro atoms. The van der Waals surface area contributed by atoms with Crippen LogP contribution in [0.5, 0.6) is 5.75 Å². The van der Waals surface area contributed by atoms with Crippen molar-refractivity contribution < 1.29 is 4.74 Å². The maximum absolute atomic E-state index is 5.38. The molecule has 0 amide bonds. The van der Waals surface area contributed by atoms with Crippen molar-refractivity contribution in [2.75, 3.05) is 7.11 Å². The fourth-order valence-electron chi connectivity index (χ4n) is 2.58. The summed E-state index contributed by atoms with van der Waals surface area (Å²) in [6.45, 7) is 5.23. The summed E-state index contributed by atoms with van der Waals surface area (Å²) in [5.41, 5.74) is 6.57. The van der Waals surface area contributed by atoms with Crippen molar-refractivity contribution in [1.82, 2.24) is 5.32 Å². The highest BCUT2D eigenvalue weighted by atomic mass is 16.5. The van der Waals surface area contributed by atoms with E-state index >= 15 is 0 Å². The Morgan fingerprint density at radius 3 is 2.52 bits per heavy atom. The number of benzene rings is 2. The molecule has 110 valence electrons. The minimum atomic E-state index is 0.712. The average Bonchev–Trinajstić information content (AvgIpc) is 3.32. The predicted octanol–water partition coefficient (Wildman–Crippen LogP) is 4.23. The highest BCUT2D eigenvalue weighted by molar-refractivity contribution is 5.69. The van der Waals surface area contributed by atoms with Crippen molar-refractivity contribution in [3.63, 3.8) is 0 Å². The molecule has 1 saturated carbocycles. The van der Waals surface area contributed by atoms with Crippen molar-refractivity contribution in [1.29, 1.82) is 0 Å². The van der Waals surface area contributed by atoms with Crippen LogP contribution in [0.1, 0.15) is 29.5 Å². The van der Waals surface area contributed by atoms with Crippen LogP contribution in [0.3, 0.4) is 0 Å². The largest absolute Gasteiger partial charge is 0.497 e. The first kappa shape index (κ1) is 14.2. The van der Waals surface area contributed by atoms with Crippen molar-refractivity contribution in [2.24, 2.45) is 0 Å². The Labute approximate surface area is 127 Å². The molecule has 2 nitrogen and oxygen atoms in total. The summed E-state index contributed by atoms with van der Waals surface area (Å²) >= 11 is 0. The van der Waals surface area contributed by atoms with Gasteiger partial charge >= 0.3 is 0 Å². The third-order valence-corrected chi connectivity index (χ3v) is 4.29. The Hall–Kier alpha value is -1.80. The fourth-order valence-corrected chi connectivity index (χ4v) is 2.58. The second-order valence-electron chi connectivity index (χ2n) is 5.98. The molecule has 0 heterocycles. The van der Waals surface area contributed by atoms with E-state index in [1.807, 2.05) is 6.07 Å². The molecule has 0 aromatic heterocycles. The van der Waals surface area contributed by atoms with Gasteiger partial charge in [0.05, 0.1) is 7.11 Å². The van der Waals surface area contributed by atoms with Crippen LogP contribution in [0.25, 0.3) is 11.1 Å². The smallest absolute Gasteiger partial charge is 0.119 e. The number of hydrogen-bond donors (Lipinski definition) is 1. The molecule has 0 aliphatic heterocycles. The molecule has 0 saturated heterocycles. The van der Waals surface area contributed by atoms with Crippen LogP contribution in [-0.4, -0.2) is 13.2 Å². The Bertz CT molecular complexity index is 644. The SMILES string of the molecule is COc1ccc(-c2ccc(C)c(C)c2)c(CNC2CC2)c1. The van der Waals surface area contributed by atoms with Gasteiger partial charge in [0, 0.05) is 12.6 Å². The van der Waals surface area contributed by atoms with E-state index < -0.39 is 0 Å². The van der Waals surface area contributed by atoms with Crippen LogP contribution in [-0.2, 0) is 6.54 Å². The van der Waals surface area contributed by atoms with Crippen molar-refractivity contribution in [3.05, 3.63) is 53.1 Å². The minimum Gasteiger partial charge on any atom is -0.497 e. The van der Waals surface area contributed by atoms with Gasteiger partial charge in [0.25, 0.3) is 0 Å². The molecule has 1 N–H and O–H groups in total. The number of methoxy groups -OCH3 is 1. The highest BCUT2D eigenvalue weighted by Gasteiger charge is 2.20. The number of nitrogens with one attached hydrogen (secondary N) is 1. The van der Waals surface area contributed by atoms with Gasteiger partial charge in [0.2, 0.25) is 0 Å². The molecule has 1 aliphatic rings. The molecule has 3 rings (SSSR count). The maximum atomic E-state index is 5.38. The normalized spacial score (nSPS) is 14.2. The quantitative estimate of drug-likeness (QED) is 0.885. The van der Waals surface area contributed by atoms with E-state index in [-0.39, 0.29) is 0 Å². The van der Waals surface area contributed by atoms with Gasteiger partial charge in [-0.25, -0.2) is 0 Å². The molecule has 1 aliphatic carbocycles. The Balaban J connectivity index is 1.96. The molecule has 21 heavy (non-hydrogen) atoms. The van der Waals surface area contributed by atoms with Crippen LogP contribution in [0, 0.1) is 13.8 Å². The molecular formula is C19H23NO. The summed E-state index contributed by atoms with van der Waals surface area (Å²) in [5, 5.41) is 3.60. The van der Waals surface area contributed by atoms with Crippen LogP contribution in [0.4, 0.5) is 0 Å². The van der Waals surface area contributed by atoms with Crippen LogP contribution >= 0.6 is 0 Å². The predicted molar refractivity (Wildman–Crippen MR) is 87.8 cm³/mol. The van der Waals surface area contributed by atoms with E-state index in [0.717, 1.165) is 12.3 Å². The molecule has 2 heteroatoms. The standard InChI is InChI=1S/C19H23NO/c1-13-4-5-15(10-14(13)2)19-9-8-18(21-3)11-16(19)12-20-17-6-7-17/h4-5,8-11,17,20H,6-7,12H2,1-3H3. The molecule has 2 aromatic carbocycles. The molecule has 2 aromatic rings. The second-order valence-corrected chi connectivity index (χ2v) is 5.98. The van der Waals surface area contributed by atoms with Gasteiger partial charge in [-0.3, -0.25) is 0 Å². The van der Waals surface area contributed by atoms with E-state index in [0.29, 0.717) is 6.04 Å². The van der Waals surface area contributed by atoms with E-state index in [9.17, 15) is 0 Å². The Morgan fingerprint density at radius 2 is 1.86 bits per heavy atom. The van der Waals surface area contributed by atoms with Gasteiger partial charge in [-0.2, -0.15) is 0 Å². The molecule has 0 bridgehead atoms. The summed E-state index contributed by atoms with van der Waals surface area (Å²) < 4.78 is 5.38. The van der Waals surface area contributed by atoms with Crippen LogP contribution < -0.4 is 10.1 Å². The zero-order valence-corrected chi connectivity index (χ0v) is 13.1. The lowest BCUT2D eigenvalue weighted by atomic mass is 9.96. The molecule has 0 radical (unpaired) electrons. The summed E-state index contributed by atoms with van der Waals surface area (Å²) in [4.78, 5) is 0. The highest BCUT2D eigenvalue weighted by Crippen LogP contribution is 2.30. The van der Waals surface area contributed by atoms with E-state index in [1.165, 1.54) is 40.7 Å². The minimum absolute atomic E-state index is 0.712. The van der Waals surface area contributed by atoms with E-state index in [4.69, 9.17) is 4.74 Å². The van der Waals surface area contributed by atoms with Crippen molar-refractivity contribution in [2.45, 2.75) is 39.3 Å². The summed E-state index contributed by atoms with van der Waals surface area (Å²) in [7, 11) is 1.73. The number of aryl methyl sites for hydroxylation is 2. The molecule has 1 fully saturated rings. The zero-order valence-electron chi connectivity index (χ0n) is 13.1. The lowest BCUT2D eigenvalue weighted by Crippen LogP contribution is -2.16. The van der Waals surface area contributed by atoms with Gasteiger partial charge in [0.1, 0.15) is 5.75 Å². The van der Waals surface area contributed by atoms with Gasteiger partial charge in [0.15, 0.2) is 0 Å². The monoisotopic (exact) mass is 281 g/mol. The second kappa shape index (κ2) is 5.90. The summed E-state index contributed by atoms with van der Waals surface area (Å²) in [6, 6.07) is 13.8. The zero-order chi connectivity index (χ0) is 14.8. The van der Waals surface area contributed by atoms with Gasteiger partial charge < -0.3 is 10.1 Å².